The second-order valence-corrected chi connectivity index (χ2v) is 4.70. The summed E-state index contributed by atoms with van der Waals surface area (Å²) in [7, 11) is 0. The monoisotopic (exact) mass is 259 g/mol. The highest BCUT2D eigenvalue weighted by atomic mass is 16.5. The van der Waals surface area contributed by atoms with Crippen LogP contribution in [0.4, 0.5) is 0 Å². The molecule has 1 fully saturated rings. The van der Waals surface area contributed by atoms with Crippen LogP contribution in [0.3, 0.4) is 0 Å². The molecule has 0 amide bonds. The highest BCUT2D eigenvalue weighted by Gasteiger charge is 2.50. The predicted octanol–water partition coefficient (Wildman–Crippen LogP) is 1.13. The van der Waals surface area contributed by atoms with E-state index >= 15 is 0 Å². The van der Waals surface area contributed by atoms with Crippen molar-refractivity contribution in [3.8, 4) is 11.3 Å². The molecule has 1 saturated heterocycles. The lowest BCUT2D eigenvalue weighted by atomic mass is 9.85. The Bertz CT molecular complexity index is 618. The number of nitrogens with zero attached hydrogens (tertiary/aromatic N) is 2. The van der Waals surface area contributed by atoms with Gasteiger partial charge in [0.05, 0.1) is 18.9 Å². The summed E-state index contributed by atoms with van der Waals surface area (Å²) in [4.78, 5) is 23.1. The van der Waals surface area contributed by atoms with Gasteiger partial charge in [0.2, 0.25) is 0 Å². The molecule has 6 heteroatoms. The minimum absolute atomic E-state index is 0.123. The van der Waals surface area contributed by atoms with Gasteiger partial charge in [-0.15, -0.1) is 0 Å². The van der Waals surface area contributed by atoms with Crippen LogP contribution in [0.5, 0.6) is 0 Å². The molecular weight excluding hydrogens is 246 g/mol. The fourth-order valence-corrected chi connectivity index (χ4v) is 2.07. The van der Waals surface area contributed by atoms with E-state index < -0.39 is 11.4 Å². The maximum Gasteiger partial charge on any atom is 0.322 e. The van der Waals surface area contributed by atoms with Crippen molar-refractivity contribution in [3.05, 3.63) is 36.0 Å². The lowest BCUT2D eigenvalue weighted by molar-refractivity contribution is -0.164. The summed E-state index contributed by atoms with van der Waals surface area (Å²) in [5, 5.41) is 9.38. The van der Waals surface area contributed by atoms with Crippen LogP contribution >= 0.6 is 0 Å². The Morgan fingerprint density at radius 1 is 1.47 bits per heavy atom. The second kappa shape index (κ2) is 4.17. The normalized spacial score (nSPS) is 16.9. The number of rotatable bonds is 3. The predicted molar refractivity (Wildman–Crippen MR) is 66.7 cm³/mol. The summed E-state index contributed by atoms with van der Waals surface area (Å²) in [5.74, 6) is -0.619. The van der Waals surface area contributed by atoms with Crippen molar-refractivity contribution >= 4 is 5.97 Å². The van der Waals surface area contributed by atoms with Crippen molar-refractivity contribution in [2.24, 2.45) is 0 Å². The van der Waals surface area contributed by atoms with E-state index in [1.165, 1.54) is 0 Å². The number of carboxylic acid groups (broad SMARTS) is 1. The van der Waals surface area contributed by atoms with Gasteiger partial charge in [0.25, 0.3) is 0 Å². The molecule has 0 unspecified atom stereocenters. The summed E-state index contributed by atoms with van der Waals surface area (Å²) < 4.78 is 5.06. The molecule has 2 N–H and O–H groups in total. The van der Waals surface area contributed by atoms with Crippen molar-refractivity contribution in [1.29, 1.82) is 0 Å². The van der Waals surface area contributed by atoms with Gasteiger partial charge >= 0.3 is 5.97 Å². The van der Waals surface area contributed by atoms with E-state index in [1.54, 1.807) is 6.20 Å². The average Bonchev–Trinajstić information content (AvgIpc) is 2.79. The van der Waals surface area contributed by atoms with Gasteiger partial charge in [0, 0.05) is 23.7 Å². The standard InChI is InChI=1S/C13H13N3O3/c1-8-4-10(9-2-3-14-5-9)16-11(15-8)13(12(17)18)6-19-7-13/h2-5,14H,6-7H2,1H3,(H,17,18). The summed E-state index contributed by atoms with van der Waals surface area (Å²) in [6, 6.07) is 3.72. The largest absolute Gasteiger partial charge is 0.480 e. The van der Waals surface area contributed by atoms with Crippen molar-refractivity contribution in [2.75, 3.05) is 13.2 Å². The molecule has 0 spiro atoms. The van der Waals surface area contributed by atoms with Gasteiger partial charge < -0.3 is 14.8 Å². The minimum atomic E-state index is -1.10. The van der Waals surface area contributed by atoms with Gasteiger partial charge in [-0.2, -0.15) is 0 Å². The third kappa shape index (κ3) is 1.80. The molecule has 3 heterocycles. The molecule has 0 aromatic carbocycles. The molecule has 0 bridgehead atoms. The van der Waals surface area contributed by atoms with E-state index in [0.717, 1.165) is 17.0 Å². The first-order chi connectivity index (χ1) is 9.12. The molecule has 6 nitrogen and oxygen atoms in total. The summed E-state index contributed by atoms with van der Waals surface area (Å²) in [6.45, 7) is 2.08. The van der Waals surface area contributed by atoms with Gasteiger partial charge in [-0.3, -0.25) is 4.79 Å². The Hall–Kier alpha value is -2.21. The first-order valence-corrected chi connectivity index (χ1v) is 5.92. The van der Waals surface area contributed by atoms with Gasteiger partial charge in [-0.25, -0.2) is 9.97 Å². The Kier molecular flexibility index (Phi) is 2.60. The molecule has 19 heavy (non-hydrogen) atoms. The molecular formula is C13H13N3O3. The Balaban J connectivity index is 2.10. The lowest BCUT2D eigenvalue weighted by Crippen LogP contribution is -2.54. The molecule has 1 aliphatic rings. The molecule has 3 rings (SSSR count). The van der Waals surface area contributed by atoms with Crippen LogP contribution in [-0.4, -0.2) is 39.2 Å². The van der Waals surface area contributed by atoms with Crippen molar-refractivity contribution < 1.29 is 14.6 Å². The minimum Gasteiger partial charge on any atom is -0.480 e. The first kappa shape index (κ1) is 11.9. The quantitative estimate of drug-likeness (QED) is 0.862. The van der Waals surface area contributed by atoms with Gasteiger partial charge in [-0.05, 0) is 19.1 Å². The Morgan fingerprint density at radius 2 is 2.26 bits per heavy atom. The molecule has 2 aromatic rings. The number of aliphatic carboxylic acids is 1. The van der Waals surface area contributed by atoms with E-state index in [4.69, 9.17) is 4.74 Å². The number of aromatic amines is 1. The molecule has 2 aromatic heterocycles. The molecule has 98 valence electrons. The summed E-state index contributed by atoms with van der Waals surface area (Å²) in [5.41, 5.74) is 1.27. The number of H-pyrrole nitrogens is 1. The smallest absolute Gasteiger partial charge is 0.322 e. The maximum absolute atomic E-state index is 11.4. The van der Waals surface area contributed by atoms with Crippen molar-refractivity contribution in [1.82, 2.24) is 15.0 Å². The number of nitrogens with one attached hydrogen (secondary N) is 1. The van der Waals surface area contributed by atoms with Gasteiger partial charge in [0.15, 0.2) is 11.2 Å². The SMILES string of the molecule is Cc1cc(-c2cc[nH]c2)nc(C2(C(=O)O)COC2)n1. The van der Waals surface area contributed by atoms with Crippen LogP contribution in [0, 0.1) is 6.92 Å². The van der Waals surface area contributed by atoms with Crippen LogP contribution < -0.4 is 0 Å². The number of aryl methyl sites for hydroxylation is 1. The van der Waals surface area contributed by atoms with Crippen molar-refractivity contribution in [2.45, 2.75) is 12.3 Å². The van der Waals surface area contributed by atoms with Crippen LogP contribution in [0.15, 0.2) is 24.5 Å². The topological polar surface area (TPSA) is 88.1 Å². The fraction of sp³-hybridized carbons (Fsp3) is 0.308. The van der Waals surface area contributed by atoms with Gasteiger partial charge in [-0.1, -0.05) is 0 Å². The highest BCUT2D eigenvalue weighted by molar-refractivity contribution is 5.82. The zero-order valence-electron chi connectivity index (χ0n) is 10.4. The number of ether oxygens (including phenoxy) is 1. The number of carboxylic acids is 1. The molecule has 0 radical (unpaired) electrons. The fourth-order valence-electron chi connectivity index (χ4n) is 2.07. The zero-order chi connectivity index (χ0) is 13.5. The first-order valence-electron chi connectivity index (χ1n) is 5.92. The highest BCUT2D eigenvalue weighted by Crippen LogP contribution is 2.31. The Labute approximate surface area is 109 Å². The summed E-state index contributed by atoms with van der Waals surface area (Å²) >= 11 is 0. The number of carbonyl (C=O) groups is 1. The van der Waals surface area contributed by atoms with Gasteiger partial charge in [0.1, 0.15) is 0 Å². The van der Waals surface area contributed by atoms with E-state index in [0.29, 0.717) is 5.82 Å². The van der Waals surface area contributed by atoms with Crippen molar-refractivity contribution in [3.63, 3.8) is 0 Å². The molecule has 0 saturated carbocycles. The van der Waals surface area contributed by atoms with Crippen LogP contribution in [0.1, 0.15) is 11.5 Å². The van der Waals surface area contributed by atoms with E-state index in [-0.39, 0.29) is 13.2 Å². The summed E-state index contributed by atoms with van der Waals surface area (Å²) in [6.07, 6.45) is 3.61. The average molecular weight is 259 g/mol. The number of hydrogen-bond acceptors (Lipinski definition) is 4. The third-order valence-corrected chi connectivity index (χ3v) is 3.28. The maximum atomic E-state index is 11.4. The van der Waals surface area contributed by atoms with Crippen LogP contribution in [0.2, 0.25) is 0 Å². The molecule has 0 atom stereocenters. The Morgan fingerprint density at radius 3 is 2.79 bits per heavy atom. The second-order valence-electron chi connectivity index (χ2n) is 4.70. The van der Waals surface area contributed by atoms with E-state index in [1.807, 2.05) is 25.3 Å². The van der Waals surface area contributed by atoms with E-state index in [2.05, 4.69) is 15.0 Å². The van der Waals surface area contributed by atoms with Crippen LogP contribution in [0.25, 0.3) is 11.3 Å². The lowest BCUT2D eigenvalue weighted by Gasteiger charge is -2.35. The van der Waals surface area contributed by atoms with Crippen LogP contribution in [-0.2, 0) is 14.9 Å². The molecule has 1 aliphatic heterocycles. The van der Waals surface area contributed by atoms with E-state index in [9.17, 15) is 9.90 Å². The third-order valence-electron chi connectivity index (χ3n) is 3.28. The number of hydrogen-bond donors (Lipinski definition) is 2. The zero-order valence-corrected chi connectivity index (χ0v) is 10.4. The number of aromatic nitrogens is 3. The molecule has 0 aliphatic carbocycles.